The highest BCUT2D eigenvalue weighted by molar-refractivity contribution is 7.89. The zero-order valence-electron chi connectivity index (χ0n) is 13.8. The van der Waals surface area contributed by atoms with Crippen LogP contribution in [0.25, 0.3) is 0 Å². The molecule has 1 aliphatic rings. The number of hydrogen-bond donors (Lipinski definition) is 1. The van der Waals surface area contributed by atoms with Crippen molar-refractivity contribution in [2.75, 3.05) is 18.4 Å². The first-order valence-electron chi connectivity index (χ1n) is 8.05. The number of nitrogens with zero attached hydrogens (tertiary/aromatic N) is 1. The Hall–Kier alpha value is -2.19. The number of carbonyl (C=O) groups excluding carboxylic acids is 1. The van der Waals surface area contributed by atoms with E-state index in [1.165, 1.54) is 28.6 Å². The summed E-state index contributed by atoms with van der Waals surface area (Å²) in [6.07, 6.45) is 2.63. The summed E-state index contributed by atoms with van der Waals surface area (Å²) in [4.78, 5) is 12.3. The number of benzene rings is 1. The quantitative estimate of drug-likeness (QED) is 0.901. The van der Waals surface area contributed by atoms with Crippen molar-refractivity contribution >= 4 is 21.6 Å². The first-order chi connectivity index (χ1) is 11.9. The Balaban J connectivity index is 1.78. The van der Waals surface area contributed by atoms with Crippen molar-refractivity contribution in [1.29, 1.82) is 0 Å². The Bertz CT molecular complexity index is 886. The van der Waals surface area contributed by atoms with Gasteiger partial charge in [-0.25, -0.2) is 12.8 Å². The number of carbonyl (C=O) groups is 1. The summed E-state index contributed by atoms with van der Waals surface area (Å²) in [5, 5.41) is 2.28. The summed E-state index contributed by atoms with van der Waals surface area (Å²) >= 11 is 0. The number of rotatable bonds is 4. The number of amides is 1. The maximum Gasteiger partial charge on any atom is 0.291 e. The maximum absolute atomic E-state index is 13.3. The van der Waals surface area contributed by atoms with Crippen LogP contribution in [0.15, 0.2) is 39.8 Å². The number of halogens is 1. The molecule has 2 aromatic rings. The number of piperidine rings is 1. The third kappa shape index (κ3) is 3.74. The van der Waals surface area contributed by atoms with Gasteiger partial charge in [0.15, 0.2) is 5.76 Å². The second kappa shape index (κ2) is 6.97. The third-order valence-electron chi connectivity index (χ3n) is 4.16. The van der Waals surface area contributed by atoms with Gasteiger partial charge >= 0.3 is 0 Å². The molecule has 0 saturated carbocycles. The van der Waals surface area contributed by atoms with Crippen LogP contribution in [0.1, 0.15) is 35.4 Å². The Morgan fingerprint density at radius 3 is 2.60 bits per heavy atom. The molecular formula is C17H19FN2O4S. The molecule has 8 heteroatoms. The second-order valence-electron chi connectivity index (χ2n) is 6.00. The summed E-state index contributed by atoms with van der Waals surface area (Å²) in [7, 11) is -3.74. The van der Waals surface area contributed by atoms with Gasteiger partial charge < -0.3 is 9.73 Å². The summed E-state index contributed by atoms with van der Waals surface area (Å²) in [5.74, 6) is -1.25. The zero-order valence-corrected chi connectivity index (χ0v) is 14.6. The van der Waals surface area contributed by atoms with E-state index in [9.17, 15) is 17.6 Å². The number of anilines is 1. The molecule has 1 amide bonds. The van der Waals surface area contributed by atoms with Gasteiger partial charge in [-0.05, 0) is 49.6 Å². The molecule has 1 aliphatic heterocycles. The highest BCUT2D eigenvalue weighted by atomic mass is 32.2. The van der Waals surface area contributed by atoms with Gasteiger partial charge in [0, 0.05) is 18.8 Å². The molecule has 0 atom stereocenters. The molecule has 0 bridgehead atoms. The van der Waals surface area contributed by atoms with Crippen LogP contribution in [-0.2, 0) is 10.0 Å². The molecule has 6 nitrogen and oxygen atoms in total. The molecule has 1 aromatic carbocycles. The van der Waals surface area contributed by atoms with Crippen molar-refractivity contribution in [2.24, 2.45) is 0 Å². The van der Waals surface area contributed by atoms with Crippen molar-refractivity contribution < 1.29 is 22.0 Å². The van der Waals surface area contributed by atoms with E-state index < -0.39 is 21.7 Å². The van der Waals surface area contributed by atoms with Gasteiger partial charge in [-0.2, -0.15) is 4.31 Å². The van der Waals surface area contributed by atoms with Crippen LogP contribution in [0.5, 0.6) is 0 Å². The van der Waals surface area contributed by atoms with Crippen molar-refractivity contribution in [3.8, 4) is 0 Å². The number of sulfonamides is 1. The number of nitrogens with one attached hydrogen (secondary N) is 1. The Labute approximate surface area is 145 Å². The van der Waals surface area contributed by atoms with Crippen LogP contribution >= 0.6 is 0 Å². The first kappa shape index (κ1) is 17.6. The average molecular weight is 366 g/mol. The van der Waals surface area contributed by atoms with E-state index in [2.05, 4.69) is 5.32 Å². The minimum atomic E-state index is -3.74. The SMILES string of the molecule is Cc1ccc(F)cc1NC(=O)c1ccc(S(=O)(=O)N2CCCCC2)o1. The first-order valence-corrected chi connectivity index (χ1v) is 9.49. The van der Waals surface area contributed by atoms with E-state index in [-0.39, 0.29) is 10.9 Å². The fourth-order valence-electron chi connectivity index (χ4n) is 2.73. The molecule has 1 N–H and O–H groups in total. The van der Waals surface area contributed by atoms with Crippen LogP contribution in [0.4, 0.5) is 10.1 Å². The lowest BCUT2D eigenvalue weighted by atomic mass is 10.2. The lowest BCUT2D eigenvalue weighted by Crippen LogP contribution is -2.35. The molecular weight excluding hydrogens is 347 g/mol. The minimum absolute atomic E-state index is 0.140. The fraction of sp³-hybridized carbons (Fsp3) is 0.353. The predicted octanol–water partition coefficient (Wildman–Crippen LogP) is 3.15. The highest BCUT2D eigenvalue weighted by Gasteiger charge is 2.29. The summed E-state index contributed by atoms with van der Waals surface area (Å²) in [6.45, 7) is 2.63. The second-order valence-corrected chi connectivity index (χ2v) is 7.87. The largest absolute Gasteiger partial charge is 0.438 e. The van der Waals surface area contributed by atoms with E-state index in [0.717, 1.165) is 19.3 Å². The molecule has 134 valence electrons. The van der Waals surface area contributed by atoms with Crippen LogP contribution in [0.2, 0.25) is 0 Å². The lowest BCUT2D eigenvalue weighted by molar-refractivity contribution is 0.0991. The normalized spacial score (nSPS) is 15.9. The summed E-state index contributed by atoms with van der Waals surface area (Å²) in [6, 6.07) is 6.61. The van der Waals surface area contributed by atoms with E-state index >= 15 is 0 Å². The van der Waals surface area contributed by atoms with Crippen molar-refractivity contribution in [3.63, 3.8) is 0 Å². The molecule has 25 heavy (non-hydrogen) atoms. The lowest BCUT2D eigenvalue weighted by Gasteiger charge is -2.24. The summed E-state index contributed by atoms with van der Waals surface area (Å²) < 4.78 is 45.0. The van der Waals surface area contributed by atoms with Gasteiger partial charge in [0.05, 0.1) is 0 Å². The Morgan fingerprint density at radius 2 is 1.88 bits per heavy atom. The van der Waals surface area contributed by atoms with Crippen LogP contribution < -0.4 is 5.32 Å². The molecule has 0 spiro atoms. The maximum atomic E-state index is 13.3. The standard InChI is InChI=1S/C17H19FN2O4S/c1-12-5-6-13(18)11-14(12)19-17(21)15-7-8-16(24-15)25(22,23)20-9-3-2-4-10-20/h5-8,11H,2-4,9-10H2,1H3,(H,19,21). The van der Waals surface area contributed by atoms with Gasteiger partial charge in [0.2, 0.25) is 5.09 Å². The molecule has 0 unspecified atom stereocenters. The van der Waals surface area contributed by atoms with Crippen molar-refractivity contribution in [3.05, 3.63) is 47.5 Å². The van der Waals surface area contributed by atoms with Crippen LogP contribution in [0, 0.1) is 12.7 Å². The zero-order chi connectivity index (χ0) is 18.0. The average Bonchev–Trinajstić information content (AvgIpc) is 3.10. The predicted molar refractivity (Wildman–Crippen MR) is 90.4 cm³/mol. The van der Waals surface area contributed by atoms with Gasteiger partial charge in [-0.1, -0.05) is 12.5 Å². The van der Waals surface area contributed by atoms with Crippen molar-refractivity contribution in [2.45, 2.75) is 31.3 Å². The smallest absolute Gasteiger partial charge is 0.291 e. The van der Waals surface area contributed by atoms with Crippen LogP contribution in [-0.4, -0.2) is 31.7 Å². The molecule has 1 fully saturated rings. The minimum Gasteiger partial charge on any atom is -0.438 e. The van der Waals surface area contributed by atoms with Gasteiger partial charge in [0.1, 0.15) is 5.82 Å². The Morgan fingerprint density at radius 1 is 1.16 bits per heavy atom. The highest BCUT2D eigenvalue weighted by Crippen LogP contribution is 2.23. The number of hydrogen-bond acceptors (Lipinski definition) is 4. The number of aryl methyl sites for hydroxylation is 1. The van der Waals surface area contributed by atoms with Gasteiger partial charge in [-0.15, -0.1) is 0 Å². The van der Waals surface area contributed by atoms with Gasteiger partial charge in [-0.3, -0.25) is 4.79 Å². The monoisotopic (exact) mass is 366 g/mol. The molecule has 0 aliphatic carbocycles. The molecule has 3 rings (SSSR count). The molecule has 1 saturated heterocycles. The topological polar surface area (TPSA) is 79.6 Å². The van der Waals surface area contributed by atoms with E-state index in [1.807, 2.05) is 0 Å². The molecule has 0 radical (unpaired) electrons. The molecule has 1 aromatic heterocycles. The number of furan rings is 1. The van der Waals surface area contributed by atoms with E-state index in [0.29, 0.717) is 24.3 Å². The molecule has 2 heterocycles. The Kier molecular flexibility index (Phi) is 4.91. The van der Waals surface area contributed by atoms with E-state index in [1.54, 1.807) is 13.0 Å². The third-order valence-corrected chi connectivity index (χ3v) is 5.94. The summed E-state index contributed by atoms with van der Waals surface area (Å²) in [5.41, 5.74) is 0.990. The fourth-order valence-corrected chi connectivity index (χ4v) is 4.15. The van der Waals surface area contributed by atoms with Crippen molar-refractivity contribution in [1.82, 2.24) is 4.31 Å². The van der Waals surface area contributed by atoms with Crippen LogP contribution in [0.3, 0.4) is 0 Å². The van der Waals surface area contributed by atoms with Gasteiger partial charge in [0.25, 0.3) is 15.9 Å². The van der Waals surface area contributed by atoms with E-state index in [4.69, 9.17) is 4.42 Å².